The molecular weight excluding hydrogens is 267 g/mol. The first-order valence-electron chi connectivity index (χ1n) is 6.67. The van der Waals surface area contributed by atoms with Crippen molar-refractivity contribution in [2.45, 2.75) is 31.7 Å². The fraction of sp³-hybridized carbons (Fsp3) is 0.643. The zero-order valence-corrected chi connectivity index (χ0v) is 12.0. The van der Waals surface area contributed by atoms with Gasteiger partial charge in [0, 0.05) is 6.20 Å². The fourth-order valence-electron chi connectivity index (χ4n) is 3.91. The summed E-state index contributed by atoms with van der Waals surface area (Å²) in [7, 11) is 2.00. The Labute approximate surface area is 118 Å². The third kappa shape index (κ3) is 2.15. The van der Waals surface area contributed by atoms with Crippen LogP contribution in [0.5, 0.6) is 0 Å². The molecule has 0 amide bonds. The minimum atomic E-state index is 0.269. The first-order valence-corrected chi connectivity index (χ1v) is 7.43. The number of aromatic nitrogens is 1. The molecule has 2 fully saturated rings. The molecule has 1 N–H and O–H groups in total. The van der Waals surface area contributed by atoms with Gasteiger partial charge in [-0.1, -0.05) is 29.6 Å². The standard InChI is InChI=1S/C14H18Cl2N2/c1-17-13(11-5-8-2-3-9(11)4-8)14-12(16)6-10(15)7-18-14/h6-9,11,13,17H,2-5H2,1H3. The SMILES string of the molecule is CNC(c1ncc(Cl)cc1Cl)C1CC2CCC1C2. The molecule has 2 nitrogen and oxygen atoms in total. The Kier molecular flexibility index (Phi) is 3.52. The van der Waals surface area contributed by atoms with Crippen molar-refractivity contribution < 1.29 is 0 Å². The molecule has 98 valence electrons. The van der Waals surface area contributed by atoms with Gasteiger partial charge in [0.1, 0.15) is 0 Å². The number of hydrogen-bond donors (Lipinski definition) is 1. The van der Waals surface area contributed by atoms with Crippen LogP contribution in [0.3, 0.4) is 0 Å². The Bertz CT molecular complexity index is 449. The molecular formula is C14H18Cl2N2. The lowest BCUT2D eigenvalue weighted by Gasteiger charge is -2.30. The monoisotopic (exact) mass is 284 g/mol. The molecule has 2 saturated carbocycles. The van der Waals surface area contributed by atoms with E-state index in [0.29, 0.717) is 16.0 Å². The van der Waals surface area contributed by atoms with E-state index in [4.69, 9.17) is 23.2 Å². The molecule has 2 aliphatic rings. The van der Waals surface area contributed by atoms with E-state index in [1.54, 1.807) is 12.3 Å². The Morgan fingerprint density at radius 3 is 2.72 bits per heavy atom. The average molecular weight is 285 g/mol. The van der Waals surface area contributed by atoms with E-state index in [1.165, 1.54) is 25.7 Å². The van der Waals surface area contributed by atoms with Crippen LogP contribution in [-0.2, 0) is 0 Å². The lowest BCUT2D eigenvalue weighted by atomic mass is 9.82. The number of pyridine rings is 1. The van der Waals surface area contributed by atoms with Gasteiger partial charge in [0.25, 0.3) is 0 Å². The van der Waals surface area contributed by atoms with E-state index in [0.717, 1.165) is 17.5 Å². The molecule has 0 aliphatic heterocycles. The van der Waals surface area contributed by atoms with E-state index in [9.17, 15) is 0 Å². The smallest absolute Gasteiger partial charge is 0.0762 e. The fourth-order valence-corrected chi connectivity index (χ4v) is 4.41. The summed E-state index contributed by atoms with van der Waals surface area (Å²) in [5.74, 6) is 2.46. The summed E-state index contributed by atoms with van der Waals surface area (Å²) in [6.07, 6.45) is 7.20. The maximum atomic E-state index is 6.30. The average Bonchev–Trinajstić information content (AvgIpc) is 2.95. The Morgan fingerprint density at radius 2 is 2.17 bits per heavy atom. The predicted octanol–water partition coefficient (Wildman–Crippen LogP) is 4.09. The highest BCUT2D eigenvalue weighted by atomic mass is 35.5. The lowest BCUT2D eigenvalue weighted by Crippen LogP contribution is -2.30. The second kappa shape index (κ2) is 4.99. The molecule has 18 heavy (non-hydrogen) atoms. The number of halogens is 2. The van der Waals surface area contributed by atoms with Crippen molar-refractivity contribution in [2.75, 3.05) is 7.05 Å². The third-order valence-corrected chi connectivity index (χ3v) is 5.17. The van der Waals surface area contributed by atoms with Crippen LogP contribution in [0.1, 0.15) is 37.4 Å². The Morgan fingerprint density at radius 1 is 1.33 bits per heavy atom. The van der Waals surface area contributed by atoms with Crippen LogP contribution in [0.2, 0.25) is 10.0 Å². The van der Waals surface area contributed by atoms with Gasteiger partial charge in [0.15, 0.2) is 0 Å². The summed E-state index contributed by atoms with van der Waals surface area (Å²) in [6.45, 7) is 0. The van der Waals surface area contributed by atoms with Crippen LogP contribution in [0, 0.1) is 17.8 Å². The predicted molar refractivity (Wildman–Crippen MR) is 75.0 cm³/mol. The maximum absolute atomic E-state index is 6.30. The number of nitrogens with one attached hydrogen (secondary N) is 1. The number of fused-ring (bicyclic) bond motifs is 2. The van der Waals surface area contributed by atoms with Crippen LogP contribution in [0.25, 0.3) is 0 Å². The molecule has 1 heterocycles. The van der Waals surface area contributed by atoms with Gasteiger partial charge in [-0.15, -0.1) is 0 Å². The van der Waals surface area contributed by atoms with Gasteiger partial charge in [0.05, 0.1) is 21.8 Å². The van der Waals surface area contributed by atoms with E-state index < -0.39 is 0 Å². The zero-order chi connectivity index (χ0) is 12.7. The largest absolute Gasteiger partial charge is 0.311 e. The molecule has 4 heteroatoms. The summed E-state index contributed by atoms with van der Waals surface area (Å²) >= 11 is 12.2. The van der Waals surface area contributed by atoms with Gasteiger partial charge in [0.2, 0.25) is 0 Å². The second-order valence-electron chi connectivity index (χ2n) is 5.63. The van der Waals surface area contributed by atoms with Gasteiger partial charge in [-0.3, -0.25) is 4.98 Å². The van der Waals surface area contributed by atoms with Gasteiger partial charge in [-0.05, 0) is 50.1 Å². The van der Waals surface area contributed by atoms with E-state index >= 15 is 0 Å². The van der Waals surface area contributed by atoms with E-state index in [1.807, 2.05) is 7.05 Å². The van der Waals surface area contributed by atoms with Crippen molar-refractivity contribution in [2.24, 2.45) is 17.8 Å². The Hall–Kier alpha value is -0.310. The van der Waals surface area contributed by atoms with Crippen molar-refractivity contribution in [3.8, 4) is 0 Å². The highest BCUT2D eigenvalue weighted by molar-refractivity contribution is 6.34. The highest BCUT2D eigenvalue weighted by Gasteiger charge is 2.43. The molecule has 0 saturated heterocycles. The van der Waals surface area contributed by atoms with Crippen molar-refractivity contribution in [3.05, 3.63) is 28.0 Å². The second-order valence-corrected chi connectivity index (χ2v) is 6.47. The third-order valence-electron chi connectivity index (χ3n) is 4.66. The summed E-state index contributed by atoms with van der Waals surface area (Å²) in [5, 5.41) is 4.70. The summed E-state index contributed by atoms with van der Waals surface area (Å²) < 4.78 is 0. The van der Waals surface area contributed by atoms with Crippen molar-refractivity contribution >= 4 is 23.2 Å². The molecule has 2 aliphatic carbocycles. The molecule has 2 bridgehead atoms. The van der Waals surface area contributed by atoms with E-state index in [-0.39, 0.29) is 6.04 Å². The van der Waals surface area contributed by atoms with Gasteiger partial charge < -0.3 is 5.32 Å². The molecule has 1 aromatic heterocycles. The normalized spacial score (nSPS) is 31.8. The first-order chi connectivity index (χ1) is 8.69. The minimum absolute atomic E-state index is 0.269. The van der Waals surface area contributed by atoms with Gasteiger partial charge in [-0.2, -0.15) is 0 Å². The molecule has 4 atom stereocenters. The molecule has 3 rings (SSSR count). The van der Waals surface area contributed by atoms with Gasteiger partial charge >= 0.3 is 0 Å². The summed E-state index contributed by atoms with van der Waals surface area (Å²) in [6, 6.07) is 2.06. The molecule has 0 radical (unpaired) electrons. The molecule has 0 spiro atoms. The van der Waals surface area contributed by atoms with Crippen LogP contribution in [-0.4, -0.2) is 12.0 Å². The summed E-state index contributed by atoms with van der Waals surface area (Å²) in [5.41, 5.74) is 0.959. The Balaban J connectivity index is 1.88. The minimum Gasteiger partial charge on any atom is -0.311 e. The quantitative estimate of drug-likeness (QED) is 0.905. The summed E-state index contributed by atoms with van der Waals surface area (Å²) in [4.78, 5) is 4.45. The van der Waals surface area contributed by atoms with Crippen LogP contribution >= 0.6 is 23.2 Å². The molecule has 1 aromatic rings. The van der Waals surface area contributed by atoms with Crippen molar-refractivity contribution in [1.82, 2.24) is 10.3 Å². The van der Waals surface area contributed by atoms with Crippen molar-refractivity contribution in [3.63, 3.8) is 0 Å². The maximum Gasteiger partial charge on any atom is 0.0762 e. The first kappa shape index (κ1) is 12.7. The van der Waals surface area contributed by atoms with Crippen LogP contribution < -0.4 is 5.32 Å². The number of rotatable bonds is 3. The molecule has 4 unspecified atom stereocenters. The zero-order valence-electron chi connectivity index (χ0n) is 10.5. The van der Waals surface area contributed by atoms with Gasteiger partial charge in [-0.25, -0.2) is 0 Å². The molecule has 0 aromatic carbocycles. The number of hydrogen-bond acceptors (Lipinski definition) is 2. The topological polar surface area (TPSA) is 24.9 Å². The van der Waals surface area contributed by atoms with Crippen molar-refractivity contribution in [1.29, 1.82) is 0 Å². The van der Waals surface area contributed by atoms with Crippen LogP contribution in [0.4, 0.5) is 0 Å². The van der Waals surface area contributed by atoms with E-state index in [2.05, 4.69) is 10.3 Å². The van der Waals surface area contributed by atoms with Crippen LogP contribution in [0.15, 0.2) is 12.3 Å². The lowest BCUT2D eigenvalue weighted by molar-refractivity contribution is 0.256. The highest BCUT2D eigenvalue weighted by Crippen LogP contribution is 2.52. The number of nitrogens with zero attached hydrogens (tertiary/aromatic N) is 1.